The highest BCUT2D eigenvalue weighted by molar-refractivity contribution is 7.45. The van der Waals surface area contributed by atoms with Gasteiger partial charge in [0.05, 0.1) is 34.4 Å². The standard InChI is InChI=1S/C57H110NO7P/c1-6-8-10-12-14-16-18-20-22-24-26-27-28-29-30-31-32-34-36-38-40-42-44-46-48-50-57(59)65-56(55-64-66(60,61)63-53-51-58(3,4)5)54-62-52-49-47-45-43-41-39-37-35-33-25-23-21-19-17-15-13-11-9-7-2/h18,20,23-26,56H,6-17,19,21-22,27-55H2,1-5H3/b20-18-,25-23-,26-24-. The zero-order valence-corrected chi connectivity index (χ0v) is 45.3. The molecule has 0 aliphatic rings. The van der Waals surface area contributed by atoms with E-state index in [2.05, 4.69) is 50.3 Å². The first-order chi connectivity index (χ1) is 32.1. The van der Waals surface area contributed by atoms with Crippen molar-refractivity contribution in [3.05, 3.63) is 36.5 Å². The van der Waals surface area contributed by atoms with Gasteiger partial charge in [-0.25, -0.2) is 0 Å². The Morgan fingerprint density at radius 3 is 1.24 bits per heavy atom. The number of unbranched alkanes of at least 4 members (excludes halogenated alkanes) is 33. The fourth-order valence-corrected chi connectivity index (χ4v) is 8.77. The number of esters is 1. The van der Waals surface area contributed by atoms with E-state index in [1.54, 1.807) is 0 Å². The lowest BCUT2D eigenvalue weighted by Gasteiger charge is -2.28. The monoisotopic (exact) mass is 952 g/mol. The van der Waals surface area contributed by atoms with Crippen LogP contribution in [-0.4, -0.2) is 70.7 Å². The number of phosphoric ester groups is 1. The van der Waals surface area contributed by atoms with E-state index in [4.69, 9.17) is 18.5 Å². The summed E-state index contributed by atoms with van der Waals surface area (Å²) in [5.74, 6) is -0.332. The maximum atomic E-state index is 12.8. The molecule has 0 heterocycles. The van der Waals surface area contributed by atoms with Crippen LogP contribution < -0.4 is 4.89 Å². The number of ether oxygens (including phenoxy) is 2. The zero-order chi connectivity index (χ0) is 48.3. The second-order valence-electron chi connectivity index (χ2n) is 20.3. The Hall–Kier alpha value is -1.28. The van der Waals surface area contributed by atoms with Gasteiger partial charge in [-0.15, -0.1) is 0 Å². The van der Waals surface area contributed by atoms with E-state index < -0.39 is 13.9 Å². The number of carbonyl (C=O) groups is 1. The number of allylic oxidation sites excluding steroid dienone is 6. The fraction of sp³-hybridized carbons (Fsp3) is 0.877. The maximum Gasteiger partial charge on any atom is 0.306 e. The Labute approximate surface area is 410 Å². The average molecular weight is 952 g/mol. The minimum absolute atomic E-state index is 0.0263. The summed E-state index contributed by atoms with van der Waals surface area (Å²) in [6, 6.07) is 0. The molecule has 0 fully saturated rings. The van der Waals surface area contributed by atoms with Crippen molar-refractivity contribution >= 4 is 13.8 Å². The lowest BCUT2D eigenvalue weighted by atomic mass is 10.0. The van der Waals surface area contributed by atoms with Gasteiger partial charge < -0.3 is 27.9 Å². The quantitative estimate of drug-likeness (QED) is 0.0197. The summed E-state index contributed by atoms with van der Waals surface area (Å²) in [5, 5.41) is 0. The fourth-order valence-electron chi connectivity index (χ4n) is 8.04. The van der Waals surface area contributed by atoms with Crippen LogP contribution in [0.2, 0.25) is 0 Å². The molecular formula is C57H110NO7P. The first-order valence-electron chi connectivity index (χ1n) is 28.2. The van der Waals surface area contributed by atoms with E-state index in [0.717, 1.165) is 38.5 Å². The van der Waals surface area contributed by atoms with Gasteiger partial charge in [0.25, 0.3) is 7.82 Å². The molecule has 0 aliphatic carbocycles. The first-order valence-corrected chi connectivity index (χ1v) is 29.7. The number of phosphoric acid groups is 1. The molecule has 2 atom stereocenters. The van der Waals surface area contributed by atoms with Crippen LogP contribution in [0.1, 0.15) is 264 Å². The largest absolute Gasteiger partial charge is 0.756 e. The van der Waals surface area contributed by atoms with Crippen molar-refractivity contribution in [2.45, 2.75) is 270 Å². The van der Waals surface area contributed by atoms with Gasteiger partial charge in [0.2, 0.25) is 0 Å². The third-order valence-electron chi connectivity index (χ3n) is 12.4. The van der Waals surface area contributed by atoms with E-state index in [-0.39, 0.29) is 25.8 Å². The minimum Gasteiger partial charge on any atom is -0.756 e. The summed E-state index contributed by atoms with van der Waals surface area (Å²) >= 11 is 0. The smallest absolute Gasteiger partial charge is 0.306 e. The molecule has 390 valence electrons. The van der Waals surface area contributed by atoms with Gasteiger partial charge in [-0.1, -0.05) is 224 Å². The number of rotatable bonds is 53. The predicted octanol–water partition coefficient (Wildman–Crippen LogP) is 17.0. The highest BCUT2D eigenvalue weighted by Gasteiger charge is 2.20. The van der Waals surface area contributed by atoms with Crippen molar-refractivity contribution in [3.8, 4) is 0 Å². The Morgan fingerprint density at radius 2 is 0.833 bits per heavy atom. The maximum absolute atomic E-state index is 12.8. The third kappa shape index (κ3) is 53.7. The van der Waals surface area contributed by atoms with Gasteiger partial charge in [0, 0.05) is 13.0 Å². The van der Waals surface area contributed by atoms with E-state index >= 15 is 0 Å². The van der Waals surface area contributed by atoms with E-state index in [1.807, 2.05) is 21.1 Å². The van der Waals surface area contributed by atoms with Gasteiger partial charge in [-0.05, 0) is 70.6 Å². The molecule has 0 aromatic carbocycles. The number of carbonyl (C=O) groups excluding carboxylic acids is 1. The van der Waals surface area contributed by atoms with Crippen molar-refractivity contribution in [2.24, 2.45) is 0 Å². The van der Waals surface area contributed by atoms with Crippen molar-refractivity contribution in [1.82, 2.24) is 0 Å². The van der Waals surface area contributed by atoms with E-state index in [9.17, 15) is 14.3 Å². The number of hydrogen-bond acceptors (Lipinski definition) is 7. The number of quaternary nitrogens is 1. The van der Waals surface area contributed by atoms with Crippen LogP contribution in [0.25, 0.3) is 0 Å². The lowest BCUT2D eigenvalue weighted by Crippen LogP contribution is -2.37. The molecule has 0 aromatic heterocycles. The molecule has 0 aliphatic heterocycles. The van der Waals surface area contributed by atoms with Crippen LogP contribution in [0.15, 0.2) is 36.5 Å². The van der Waals surface area contributed by atoms with Crippen molar-refractivity contribution in [1.29, 1.82) is 0 Å². The number of hydrogen-bond donors (Lipinski definition) is 0. The summed E-state index contributed by atoms with van der Waals surface area (Å²) in [5.41, 5.74) is 0. The zero-order valence-electron chi connectivity index (χ0n) is 44.4. The van der Waals surface area contributed by atoms with Crippen molar-refractivity contribution < 1.29 is 37.3 Å². The van der Waals surface area contributed by atoms with Crippen LogP contribution in [0.3, 0.4) is 0 Å². The summed E-state index contributed by atoms with van der Waals surface area (Å²) in [6.07, 6.45) is 61.8. The van der Waals surface area contributed by atoms with Gasteiger partial charge in [-0.2, -0.15) is 0 Å². The molecule has 0 rings (SSSR count). The highest BCUT2D eigenvalue weighted by Crippen LogP contribution is 2.38. The van der Waals surface area contributed by atoms with Crippen LogP contribution >= 0.6 is 7.82 Å². The third-order valence-corrected chi connectivity index (χ3v) is 13.4. The summed E-state index contributed by atoms with van der Waals surface area (Å²) in [4.78, 5) is 25.2. The topological polar surface area (TPSA) is 94.1 Å². The van der Waals surface area contributed by atoms with Crippen LogP contribution in [-0.2, 0) is 27.9 Å². The van der Waals surface area contributed by atoms with Crippen molar-refractivity contribution in [2.75, 3.05) is 54.1 Å². The Kier molecular flexibility index (Phi) is 49.1. The normalized spacial score (nSPS) is 13.7. The summed E-state index contributed by atoms with van der Waals surface area (Å²) in [7, 11) is 1.36. The van der Waals surface area contributed by atoms with Gasteiger partial charge in [-0.3, -0.25) is 9.36 Å². The number of nitrogens with zero attached hydrogens (tertiary/aromatic N) is 1. The minimum atomic E-state index is -4.53. The average Bonchev–Trinajstić information content (AvgIpc) is 3.28. The Bertz CT molecular complexity index is 1150. The molecular weight excluding hydrogens is 842 g/mol. The van der Waals surface area contributed by atoms with Crippen molar-refractivity contribution in [3.63, 3.8) is 0 Å². The first kappa shape index (κ1) is 64.7. The van der Waals surface area contributed by atoms with Gasteiger partial charge in [0.15, 0.2) is 0 Å². The molecule has 8 nitrogen and oxygen atoms in total. The SMILES string of the molecule is CCCCCCC/C=C\C/C=C\CCCCCCCCCCCCCCCC(=O)OC(COCCCCCCCCCC/C=C\CCCCCCCCC)COP(=O)([O-])OCC[N+](C)(C)C. The van der Waals surface area contributed by atoms with E-state index in [1.165, 1.54) is 205 Å². The van der Waals surface area contributed by atoms with Gasteiger partial charge in [0.1, 0.15) is 19.3 Å². The molecule has 66 heavy (non-hydrogen) atoms. The van der Waals surface area contributed by atoms with E-state index in [0.29, 0.717) is 24.1 Å². The molecule has 9 heteroatoms. The van der Waals surface area contributed by atoms with Gasteiger partial charge >= 0.3 is 5.97 Å². The summed E-state index contributed by atoms with van der Waals surface area (Å²) in [6.45, 7) is 5.44. The number of likely N-dealkylation sites (N-methyl/N-ethyl adjacent to an activating group) is 1. The molecule has 0 amide bonds. The molecule has 0 aromatic rings. The lowest BCUT2D eigenvalue weighted by molar-refractivity contribution is -0.870. The Balaban J connectivity index is 4.07. The van der Waals surface area contributed by atoms with Crippen LogP contribution in [0.4, 0.5) is 0 Å². The Morgan fingerprint density at radius 1 is 0.470 bits per heavy atom. The molecule has 0 radical (unpaired) electrons. The molecule has 2 unspecified atom stereocenters. The second kappa shape index (κ2) is 50.1. The molecule has 0 N–H and O–H groups in total. The molecule has 0 spiro atoms. The summed E-state index contributed by atoms with van der Waals surface area (Å²) < 4.78 is 34.8. The molecule has 0 saturated carbocycles. The van der Waals surface area contributed by atoms with Crippen LogP contribution in [0.5, 0.6) is 0 Å². The van der Waals surface area contributed by atoms with Crippen LogP contribution in [0, 0.1) is 0 Å². The highest BCUT2D eigenvalue weighted by atomic mass is 31.2. The molecule has 0 saturated heterocycles. The molecule has 0 bridgehead atoms. The predicted molar refractivity (Wildman–Crippen MR) is 282 cm³/mol. The second-order valence-corrected chi connectivity index (χ2v) is 21.7.